The molecule has 1 aliphatic heterocycles. The van der Waals surface area contributed by atoms with Crippen LogP contribution in [0.5, 0.6) is 0 Å². The quantitative estimate of drug-likeness (QED) is 0.872. The van der Waals surface area contributed by atoms with Crippen LogP contribution in [-0.2, 0) is 6.54 Å². The number of thioether (sulfide) groups is 1. The molecule has 1 saturated heterocycles. The molecule has 18 heavy (non-hydrogen) atoms. The molecule has 0 aliphatic carbocycles. The van der Waals surface area contributed by atoms with Crippen LogP contribution in [0.4, 0.5) is 0 Å². The van der Waals surface area contributed by atoms with E-state index in [1.54, 1.807) is 12.4 Å². The summed E-state index contributed by atoms with van der Waals surface area (Å²) in [7, 11) is 0. The van der Waals surface area contributed by atoms with Crippen molar-refractivity contribution >= 4 is 11.8 Å². The maximum atomic E-state index is 4.48. The van der Waals surface area contributed by atoms with Gasteiger partial charge < -0.3 is 5.32 Å². The van der Waals surface area contributed by atoms with Gasteiger partial charge in [0.15, 0.2) is 5.82 Å². The zero-order valence-corrected chi connectivity index (χ0v) is 10.8. The molecule has 2 aromatic heterocycles. The van der Waals surface area contributed by atoms with E-state index in [2.05, 4.69) is 25.5 Å². The van der Waals surface area contributed by atoms with Crippen molar-refractivity contribution in [2.24, 2.45) is 0 Å². The van der Waals surface area contributed by atoms with Gasteiger partial charge in [0, 0.05) is 29.8 Å². The van der Waals surface area contributed by atoms with Gasteiger partial charge in [0.2, 0.25) is 0 Å². The van der Waals surface area contributed by atoms with Crippen molar-refractivity contribution in [3.63, 3.8) is 0 Å². The maximum absolute atomic E-state index is 4.48. The minimum Gasteiger partial charge on any atom is -0.306 e. The van der Waals surface area contributed by atoms with Crippen molar-refractivity contribution in [3.8, 4) is 11.4 Å². The molecular weight excluding hydrogens is 246 g/mol. The highest BCUT2D eigenvalue weighted by Gasteiger charge is 2.15. The van der Waals surface area contributed by atoms with Crippen LogP contribution in [0.15, 0.2) is 24.5 Å². The normalized spacial score (nSPS) is 19.2. The van der Waals surface area contributed by atoms with E-state index in [1.807, 2.05) is 23.9 Å². The summed E-state index contributed by atoms with van der Waals surface area (Å²) < 4.78 is 0. The fraction of sp³-hybridized carbons (Fsp3) is 0.417. The second kappa shape index (κ2) is 5.49. The lowest BCUT2D eigenvalue weighted by Gasteiger charge is -2.08. The Bertz CT molecular complexity index is 492. The molecule has 3 heterocycles. The summed E-state index contributed by atoms with van der Waals surface area (Å²) in [5, 5.41) is 10.7. The SMILES string of the molecule is c1cc(-c2n[nH]c(CNC3CCSC3)n2)ccn1. The van der Waals surface area contributed by atoms with Crippen molar-refractivity contribution < 1.29 is 0 Å². The number of rotatable bonds is 4. The summed E-state index contributed by atoms with van der Waals surface area (Å²) in [6.45, 7) is 0.753. The highest BCUT2D eigenvalue weighted by molar-refractivity contribution is 7.99. The molecule has 94 valence electrons. The lowest BCUT2D eigenvalue weighted by Crippen LogP contribution is -2.28. The molecule has 2 N–H and O–H groups in total. The summed E-state index contributed by atoms with van der Waals surface area (Å²) in [5.41, 5.74) is 0.990. The van der Waals surface area contributed by atoms with Crippen molar-refractivity contribution in [2.45, 2.75) is 19.0 Å². The smallest absolute Gasteiger partial charge is 0.181 e. The van der Waals surface area contributed by atoms with E-state index in [1.165, 1.54) is 17.9 Å². The van der Waals surface area contributed by atoms with Crippen LogP contribution in [0.25, 0.3) is 11.4 Å². The standard InChI is InChI=1S/C12H15N5S/c1-4-13-5-2-9(1)12-15-11(16-17-12)7-14-10-3-6-18-8-10/h1-2,4-5,10,14H,3,6-8H2,(H,15,16,17). The van der Waals surface area contributed by atoms with Crippen molar-refractivity contribution in [1.29, 1.82) is 0 Å². The molecule has 0 saturated carbocycles. The summed E-state index contributed by atoms with van der Waals surface area (Å²) in [5.74, 6) is 4.08. The highest BCUT2D eigenvalue weighted by atomic mass is 32.2. The maximum Gasteiger partial charge on any atom is 0.181 e. The Morgan fingerprint density at radius 1 is 1.39 bits per heavy atom. The number of aromatic amines is 1. The van der Waals surface area contributed by atoms with Crippen molar-refractivity contribution in [3.05, 3.63) is 30.4 Å². The molecule has 3 rings (SSSR count). The second-order valence-electron chi connectivity index (χ2n) is 4.28. The van der Waals surface area contributed by atoms with Crippen molar-refractivity contribution in [1.82, 2.24) is 25.5 Å². The molecule has 2 aromatic rings. The third-order valence-electron chi connectivity index (χ3n) is 2.96. The van der Waals surface area contributed by atoms with Crippen LogP contribution in [0, 0.1) is 0 Å². The Hall–Kier alpha value is -1.40. The van der Waals surface area contributed by atoms with E-state index in [0.29, 0.717) is 6.04 Å². The fourth-order valence-corrected chi connectivity index (χ4v) is 3.13. The van der Waals surface area contributed by atoms with Crippen molar-refractivity contribution in [2.75, 3.05) is 11.5 Å². The van der Waals surface area contributed by atoms with Crippen LogP contribution in [0.3, 0.4) is 0 Å². The van der Waals surface area contributed by atoms with Gasteiger partial charge in [0.25, 0.3) is 0 Å². The summed E-state index contributed by atoms with van der Waals surface area (Å²) in [6.07, 6.45) is 4.74. The van der Waals surface area contributed by atoms with Gasteiger partial charge in [-0.05, 0) is 24.3 Å². The number of nitrogens with one attached hydrogen (secondary N) is 2. The zero-order valence-electron chi connectivity index (χ0n) is 9.97. The molecule has 5 nitrogen and oxygen atoms in total. The number of H-pyrrole nitrogens is 1. The van der Waals surface area contributed by atoms with Crippen LogP contribution >= 0.6 is 11.8 Å². The first-order valence-electron chi connectivity index (χ1n) is 6.04. The number of hydrogen-bond acceptors (Lipinski definition) is 5. The minimum absolute atomic E-state index is 0.615. The van der Waals surface area contributed by atoms with Gasteiger partial charge in [0.1, 0.15) is 5.82 Å². The molecule has 1 aliphatic rings. The third kappa shape index (κ3) is 2.70. The molecule has 6 heteroatoms. The Balaban J connectivity index is 1.63. The lowest BCUT2D eigenvalue weighted by atomic mass is 10.2. The average molecular weight is 261 g/mol. The van der Waals surface area contributed by atoms with Gasteiger partial charge in [-0.1, -0.05) is 0 Å². The molecule has 0 bridgehead atoms. The minimum atomic E-state index is 0.615. The number of pyridine rings is 1. The Labute approximate surface area is 110 Å². The Morgan fingerprint density at radius 3 is 3.06 bits per heavy atom. The van der Waals surface area contributed by atoms with E-state index in [9.17, 15) is 0 Å². The number of hydrogen-bond donors (Lipinski definition) is 2. The van der Waals surface area contributed by atoms with Gasteiger partial charge in [-0.25, -0.2) is 4.98 Å². The molecule has 1 fully saturated rings. The first-order chi connectivity index (χ1) is 8.92. The van der Waals surface area contributed by atoms with Crippen LogP contribution < -0.4 is 5.32 Å². The Morgan fingerprint density at radius 2 is 2.28 bits per heavy atom. The van der Waals surface area contributed by atoms with Crippen LogP contribution in [0.2, 0.25) is 0 Å². The molecule has 1 unspecified atom stereocenters. The first-order valence-corrected chi connectivity index (χ1v) is 7.20. The van der Waals surface area contributed by atoms with E-state index < -0.39 is 0 Å². The predicted octanol–water partition coefficient (Wildman–Crippen LogP) is 1.46. The largest absolute Gasteiger partial charge is 0.306 e. The fourth-order valence-electron chi connectivity index (χ4n) is 1.94. The average Bonchev–Trinajstić information content (AvgIpc) is 3.09. The molecule has 1 atom stereocenters. The number of nitrogens with zero attached hydrogens (tertiary/aromatic N) is 3. The predicted molar refractivity (Wildman–Crippen MR) is 72.2 cm³/mol. The van der Waals surface area contributed by atoms with Gasteiger partial charge >= 0.3 is 0 Å². The summed E-state index contributed by atoms with van der Waals surface area (Å²) in [4.78, 5) is 8.46. The molecule has 0 aromatic carbocycles. The Kier molecular flexibility index (Phi) is 3.56. The summed E-state index contributed by atoms with van der Waals surface area (Å²) in [6, 6.07) is 4.44. The highest BCUT2D eigenvalue weighted by Crippen LogP contribution is 2.17. The van der Waals surface area contributed by atoms with Crippen LogP contribution in [-0.4, -0.2) is 37.7 Å². The van der Waals surface area contributed by atoms with Gasteiger partial charge in [-0.15, -0.1) is 0 Å². The number of aromatic nitrogens is 4. The summed E-state index contributed by atoms with van der Waals surface area (Å²) >= 11 is 2.00. The van der Waals surface area contributed by atoms with E-state index in [4.69, 9.17) is 0 Å². The third-order valence-corrected chi connectivity index (χ3v) is 4.12. The van der Waals surface area contributed by atoms with Gasteiger partial charge in [-0.3, -0.25) is 10.1 Å². The molecule has 0 spiro atoms. The van der Waals surface area contributed by atoms with Crippen LogP contribution in [0.1, 0.15) is 12.2 Å². The van der Waals surface area contributed by atoms with E-state index in [-0.39, 0.29) is 0 Å². The first kappa shape index (κ1) is 11.7. The van der Waals surface area contributed by atoms with Gasteiger partial charge in [-0.2, -0.15) is 16.9 Å². The van der Waals surface area contributed by atoms with E-state index >= 15 is 0 Å². The second-order valence-corrected chi connectivity index (χ2v) is 5.43. The molecular formula is C12H15N5S. The topological polar surface area (TPSA) is 66.5 Å². The molecule has 0 radical (unpaired) electrons. The van der Waals surface area contributed by atoms with E-state index in [0.717, 1.165) is 23.8 Å². The van der Waals surface area contributed by atoms with Gasteiger partial charge in [0.05, 0.1) is 6.54 Å². The monoisotopic (exact) mass is 261 g/mol. The lowest BCUT2D eigenvalue weighted by molar-refractivity contribution is 0.545. The molecule has 0 amide bonds. The zero-order chi connectivity index (χ0) is 12.2.